The monoisotopic (exact) mass is 268 g/mol. The molecule has 0 saturated heterocycles. The molecule has 0 aliphatic rings. The van der Waals surface area contributed by atoms with Crippen molar-refractivity contribution in [3.8, 4) is 11.5 Å². The maximum Gasteiger partial charge on any atom is 0.186 e. The smallest absolute Gasteiger partial charge is 0.186 e. The Morgan fingerprint density at radius 3 is 2.65 bits per heavy atom. The van der Waals surface area contributed by atoms with Crippen LogP contribution in [0.4, 0.5) is 0 Å². The summed E-state index contributed by atoms with van der Waals surface area (Å²) in [7, 11) is 1.49. The minimum atomic E-state index is -0.0462. The Labute approximate surface area is 118 Å². The van der Waals surface area contributed by atoms with E-state index in [1.807, 2.05) is 25.1 Å². The number of carbonyl (C=O) groups is 1. The van der Waals surface area contributed by atoms with Crippen LogP contribution in [0.1, 0.15) is 21.5 Å². The van der Waals surface area contributed by atoms with Gasteiger partial charge in [0.25, 0.3) is 0 Å². The summed E-state index contributed by atoms with van der Waals surface area (Å²) >= 11 is 0. The molecule has 102 valence electrons. The van der Waals surface area contributed by atoms with Gasteiger partial charge in [-0.2, -0.15) is 0 Å². The fraction of sp³-hybridized carbons (Fsp3) is 0.118. The molecule has 2 aromatic carbocycles. The summed E-state index contributed by atoms with van der Waals surface area (Å²) in [5.74, 6) is 0.417. The van der Waals surface area contributed by atoms with Crippen LogP contribution in [0.5, 0.6) is 11.5 Å². The lowest BCUT2D eigenvalue weighted by molar-refractivity contribution is 0.104. The fourth-order valence-corrected chi connectivity index (χ4v) is 1.91. The molecule has 0 amide bonds. The number of hydrogen-bond donors (Lipinski definition) is 1. The van der Waals surface area contributed by atoms with Crippen molar-refractivity contribution in [2.75, 3.05) is 7.11 Å². The van der Waals surface area contributed by atoms with Crippen LogP contribution < -0.4 is 4.74 Å². The quantitative estimate of drug-likeness (QED) is 0.680. The van der Waals surface area contributed by atoms with Crippen molar-refractivity contribution in [1.29, 1.82) is 0 Å². The van der Waals surface area contributed by atoms with Gasteiger partial charge in [-0.1, -0.05) is 36.4 Å². The molecule has 3 nitrogen and oxygen atoms in total. The highest BCUT2D eigenvalue weighted by molar-refractivity contribution is 6.07. The van der Waals surface area contributed by atoms with E-state index in [-0.39, 0.29) is 11.5 Å². The zero-order valence-corrected chi connectivity index (χ0v) is 11.5. The van der Waals surface area contributed by atoms with Gasteiger partial charge < -0.3 is 9.84 Å². The normalized spacial score (nSPS) is 10.7. The number of phenolic OH excluding ortho intramolecular Hbond substituents is 1. The van der Waals surface area contributed by atoms with Crippen molar-refractivity contribution in [2.45, 2.75) is 6.92 Å². The van der Waals surface area contributed by atoms with Crippen LogP contribution in [0.2, 0.25) is 0 Å². The third kappa shape index (κ3) is 3.06. The number of methoxy groups -OCH3 is 1. The number of allylic oxidation sites excluding steroid dienone is 1. The minimum absolute atomic E-state index is 0.0462. The highest BCUT2D eigenvalue weighted by Crippen LogP contribution is 2.26. The number of aromatic hydroxyl groups is 1. The molecule has 0 radical (unpaired) electrons. The molecule has 0 atom stereocenters. The van der Waals surface area contributed by atoms with Gasteiger partial charge in [0.15, 0.2) is 17.3 Å². The Morgan fingerprint density at radius 2 is 1.95 bits per heavy atom. The molecule has 0 aliphatic heterocycles. The first-order valence-corrected chi connectivity index (χ1v) is 6.27. The number of carbonyl (C=O) groups excluding carboxylic acids is 1. The number of ketones is 1. The topological polar surface area (TPSA) is 46.5 Å². The van der Waals surface area contributed by atoms with E-state index in [2.05, 4.69) is 0 Å². The van der Waals surface area contributed by atoms with Gasteiger partial charge in [-0.25, -0.2) is 0 Å². The van der Waals surface area contributed by atoms with Crippen LogP contribution in [-0.4, -0.2) is 18.0 Å². The van der Waals surface area contributed by atoms with E-state index >= 15 is 0 Å². The second kappa shape index (κ2) is 6.06. The van der Waals surface area contributed by atoms with Crippen molar-refractivity contribution in [1.82, 2.24) is 0 Å². The number of phenols is 1. The van der Waals surface area contributed by atoms with E-state index in [0.29, 0.717) is 11.3 Å². The van der Waals surface area contributed by atoms with E-state index < -0.39 is 0 Å². The molecule has 2 aromatic rings. The Morgan fingerprint density at radius 1 is 1.20 bits per heavy atom. The highest BCUT2D eigenvalue weighted by atomic mass is 16.5. The van der Waals surface area contributed by atoms with Gasteiger partial charge in [0.2, 0.25) is 0 Å². The maximum atomic E-state index is 12.1. The van der Waals surface area contributed by atoms with Crippen LogP contribution in [-0.2, 0) is 0 Å². The Hall–Kier alpha value is -2.55. The molecule has 0 unspecified atom stereocenters. The summed E-state index contributed by atoms with van der Waals surface area (Å²) in [6.07, 6.45) is 3.23. The number of hydrogen-bond acceptors (Lipinski definition) is 3. The van der Waals surface area contributed by atoms with Crippen LogP contribution >= 0.6 is 0 Å². The van der Waals surface area contributed by atoms with Crippen molar-refractivity contribution in [2.24, 2.45) is 0 Å². The van der Waals surface area contributed by atoms with E-state index in [1.165, 1.54) is 19.3 Å². The summed E-state index contributed by atoms with van der Waals surface area (Å²) in [5.41, 5.74) is 2.43. The molecular weight excluding hydrogens is 252 g/mol. The van der Waals surface area contributed by atoms with E-state index in [1.54, 1.807) is 24.3 Å². The molecule has 2 rings (SSSR count). The summed E-state index contributed by atoms with van der Waals surface area (Å²) in [6, 6.07) is 12.4. The summed E-state index contributed by atoms with van der Waals surface area (Å²) in [4.78, 5) is 12.1. The van der Waals surface area contributed by atoms with E-state index in [0.717, 1.165) is 11.1 Å². The number of benzene rings is 2. The average Bonchev–Trinajstić information content (AvgIpc) is 2.46. The number of ether oxygens (including phenoxy) is 1. The SMILES string of the molecule is COc1cc(/C=C/C(=O)c2ccccc2C)ccc1O. The first-order chi connectivity index (χ1) is 9.61. The molecule has 1 N–H and O–H groups in total. The lowest BCUT2D eigenvalue weighted by atomic mass is 10.0. The Balaban J connectivity index is 2.21. The first-order valence-electron chi connectivity index (χ1n) is 6.27. The second-order valence-electron chi connectivity index (χ2n) is 4.44. The average molecular weight is 268 g/mol. The van der Waals surface area contributed by atoms with Crippen molar-refractivity contribution in [3.05, 3.63) is 65.2 Å². The lowest BCUT2D eigenvalue weighted by Gasteiger charge is -2.04. The maximum absolute atomic E-state index is 12.1. The van der Waals surface area contributed by atoms with Crippen LogP contribution in [0.25, 0.3) is 6.08 Å². The van der Waals surface area contributed by atoms with Crippen LogP contribution in [0.15, 0.2) is 48.5 Å². The molecule has 0 saturated carbocycles. The molecule has 20 heavy (non-hydrogen) atoms. The molecule has 0 heterocycles. The third-order valence-corrected chi connectivity index (χ3v) is 3.04. The van der Waals surface area contributed by atoms with Gasteiger partial charge in [0, 0.05) is 5.56 Å². The van der Waals surface area contributed by atoms with Gasteiger partial charge in [-0.15, -0.1) is 0 Å². The molecule has 0 aliphatic carbocycles. The summed E-state index contributed by atoms with van der Waals surface area (Å²) < 4.78 is 5.03. The molecule has 0 aromatic heterocycles. The summed E-state index contributed by atoms with van der Waals surface area (Å²) in [5, 5.41) is 9.51. The van der Waals surface area contributed by atoms with Gasteiger partial charge >= 0.3 is 0 Å². The molecule has 3 heteroatoms. The molecular formula is C17H16O3. The van der Waals surface area contributed by atoms with Crippen LogP contribution in [0.3, 0.4) is 0 Å². The lowest BCUT2D eigenvalue weighted by Crippen LogP contribution is -1.96. The predicted octanol–water partition coefficient (Wildman–Crippen LogP) is 3.61. The zero-order valence-electron chi connectivity index (χ0n) is 11.5. The number of rotatable bonds is 4. The minimum Gasteiger partial charge on any atom is -0.504 e. The summed E-state index contributed by atoms with van der Waals surface area (Å²) in [6.45, 7) is 1.91. The largest absolute Gasteiger partial charge is 0.504 e. The van der Waals surface area contributed by atoms with Crippen molar-refractivity contribution < 1.29 is 14.6 Å². The van der Waals surface area contributed by atoms with E-state index in [9.17, 15) is 9.90 Å². The van der Waals surface area contributed by atoms with E-state index in [4.69, 9.17) is 4.74 Å². The first kappa shape index (κ1) is 13.9. The van der Waals surface area contributed by atoms with Gasteiger partial charge in [0.1, 0.15) is 0 Å². The Bertz CT molecular complexity index is 657. The highest BCUT2D eigenvalue weighted by Gasteiger charge is 2.05. The van der Waals surface area contributed by atoms with Crippen molar-refractivity contribution in [3.63, 3.8) is 0 Å². The molecule has 0 spiro atoms. The third-order valence-electron chi connectivity index (χ3n) is 3.04. The van der Waals surface area contributed by atoms with Gasteiger partial charge in [-0.05, 0) is 36.3 Å². The van der Waals surface area contributed by atoms with Gasteiger partial charge in [-0.3, -0.25) is 4.79 Å². The van der Waals surface area contributed by atoms with Gasteiger partial charge in [0.05, 0.1) is 7.11 Å². The second-order valence-corrected chi connectivity index (χ2v) is 4.44. The predicted molar refractivity (Wildman–Crippen MR) is 79.2 cm³/mol. The number of aryl methyl sites for hydroxylation is 1. The molecule has 0 fully saturated rings. The molecule has 0 bridgehead atoms. The standard InChI is InChI=1S/C17H16O3/c1-12-5-3-4-6-14(12)15(18)9-7-13-8-10-16(19)17(11-13)20-2/h3-11,19H,1-2H3/b9-7+. The zero-order chi connectivity index (χ0) is 14.5. The fourth-order valence-electron chi connectivity index (χ4n) is 1.91. The van der Waals surface area contributed by atoms with Crippen molar-refractivity contribution >= 4 is 11.9 Å². The van der Waals surface area contributed by atoms with Crippen LogP contribution in [0, 0.1) is 6.92 Å². The Kier molecular flexibility index (Phi) is 4.20.